The molecule has 0 fully saturated rings. The van der Waals surface area contributed by atoms with Gasteiger partial charge in [0.05, 0.1) is 0 Å². The van der Waals surface area contributed by atoms with Crippen LogP contribution < -0.4 is 0 Å². The van der Waals surface area contributed by atoms with Crippen LogP contribution in [0.3, 0.4) is 0 Å². The minimum absolute atomic E-state index is 0.151. The van der Waals surface area contributed by atoms with Gasteiger partial charge in [-0.25, -0.2) is 0 Å². The smallest absolute Gasteiger partial charge is 0.0418 e. The molecule has 0 N–H and O–H groups in total. The maximum absolute atomic E-state index is 6.38. The molecule has 2 rings (SSSR count). The zero-order chi connectivity index (χ0) is 16.3. The molecule has 23 heavy (non-hydrogen) atoms. The fourth-order valence-corrected chi connectivity index (χ4v) is 4.12. The van der Waals surface area contributed by atoms with E-state index in [0.717, 1.165) is 48.6 Å². The number of halogens is 2. The summed E-state index contributed by atoms with van der Waals surface area (Å²) in [5, 5.41) is 0.301. The van der Waals surface area contributed by atoms with Gasteiger partial charge < -0.3 is 0 Å². The molecule has 5 heteroatoms. The Kier molecular flexibility index (Phi) is 8.80. The summed E-state index contributed by atoms with van der Waals surface area (Å²) in [7, 11) is 0. The van der Waals surface area contributed by atoms with E-state index in [1.54, 1.807) is 0 Å². The van der Waals surface area contributed by atoms with Gasteiger partial charge in [0.1, 0.15) is 0 Å². The second-order valence-electron chi connectivity index (χ2n) is 5.43. The van der Waals surface area contributed by atoms with Crippen molar-refractivity contribution >= 4 is 35.0 Å². The molecule has 2 aromatic rings. The van der Waals surface area contributed by atoms with E-state index in [4.69, 9.17) is 23.2 Å². The van der Waals surface area contributed by atoms with E-state index in [1.165, 1.54) is 0 Å². The average Bonchev–Trinajstić information content (AvgIpc) is 2.56. The van der Waals surface area contributed by atoms with Crippen LogP contribution in [0.1, 0.15) is 24.2 Å². The minimum Gasteiger partial charge on any atom is -0.261 e. The molecule has 0 bridgehead atoms. The summed E-state index contributed by atoms with van der Waals surface area (Å²) in [6.45, 7) is 0. The highest BCUT2D eigenvalue weighted by Gasteiger charge is 2.09. The van der Waals surface area contributed by atoms with Crippen LogP contribution in [-0.2, 0) is 12.8 Å². The number of hydrogen-bond acceptors (Lipinski definition) is 3. The maximum Gasteiger partial charge on any atom is 0.0418 e. The Morgan fingerprint density at radius 1 is 0.783 bits per heavy atom. The second-order valence-corrected chi connectivity index (χ2v) is 7.89. The average molecular weight is 369 g/mol. The van der Waals surface area contributed by atoms with Gasteiger partial charge in [0.2, 0.25) is 0 Å². The van der Waals surface area contributed by atoms with Crippen LogP contribution in [-0.4, -0.2) is 32.2 Å². The second kappa shape index (κ2) is 10.9. The van der Waals surface area contributed by atoms with Crippen LogP contribution in [0.4, 0.5) is 0 Å². The summed E-state index contributed by atoms with van der Waals surface area (Å²) >= 11 is 14.7. The Hall–Kier alpha value is -0.770. The molecule has 0 aliphatic heterocycles. The van der Waals surface area contributed by atoms with Crippen LogP contribution in [0.2, 0.25) is 0 Å². The molecule has 2 unspecified atom stereocenters. The molecule has 0 saturated heterocycles. The van der Waals surface area contributed by atoms with Crippen LogP contribution >= 0.6 is 35.0 Å². The molecule has 2 aromatic heterocycles. The Morgan fingerprint density at radius 3 is 1.65 bits per heavy atom. The van der Waals surface area contributed by atoms with E-state index in [2.05, 4.69) is 9.97 Å². The van der Waals surface area contributed by atoms with Crippen molar-refractivity contribution < 1.29 is 0 Å². The molecule has 0 amide bonds. The Balaban J connectivity index is 1.53. The number of nitrogens with zero attached hydrogens (tertiary/aromatic N) is 2. The SMILES string of the molecule is ClC(CCSCCC(Cl)Cc1ccccn1)Cc1ccccn1. The van der Waals surface area contributed by atoms with Gasteiger partial charge in [0, 0.05) is 47.4 Å². The van der Waals surface area contributed by atoms with Crippen molar-refractivity contribution in [2.75, 3.05) is 11.5 Å². The molecular weight excluding hydrogens is 347 g/mol. The standard InChI is InChI=1S/C18H22Cl2N2S/c19-15(13-17-5-1-3-9-21-17)7-11-23-12-8-16(20)14-18-6-2-4-10-22-18/h1-6,9-10,15-16H,7-8,11-14H2. The van der Waals surface area contributed by atoms with Crippen molar-refractivity contribution in [1.82, 2.24) is 9.97 Å². The van der Waals surface area contributed by atoms with Crippen LogP contribution in [0, 0.1) is 0 Å². The predicted octanol–water partition coefficient (Wildman–Crippen LogP) is 4.99. The zero-order valence-electron chi connectivity index (χ0n) is 13.1. The molecule has 0 saturated carbocycles. The van der Waals surface area contributed by atoms with Crippen LogP contribution in [0.5, 0.6) is 0 Å². The molecule has 124 valence electrons. The number of pyridine rings is 2. The number of thioether (sulfide) groups is 1. The first kappa shape index (κ1) is 18.6. The van der Waals surface area contributed by atoms with E-state index < -0.39 is 0 Å². The van der Waals surface area contributed by atoms with E-state index in [1.807, 2.05) is 60.6 Å². The highest BCUT2D eigenvalue weighted by atomic mass is 35.5. The summed E-state index contributed by atoms with van der Waals surface area (Å²) in [5.74, 6) is 2.13. The van der Waals surface area contributed by atoms with Gasteiger partial charge in [-0.1, -0.05) is 12.1 Å². The third kappa shape index (κ3) is 8.05. The molecule has 0 aliphatic carbocycles. The van der Waals surface area contributed by atoms with E-state index in [-0.39, 0.29) is 10.8 Å². The topological polar surface area (TPSA) is 25.8 Å². The Bertz CT molecular complexity index is 490. The van der Waals surface area contributed by atoms with Gasteiger partial charge in [0.25, 0.3) is 0 Å². The highest BCUT2D eigenvalue weighted by molar-refractivity contribution is 7.99. The molecule has 2 nitrogen and oxygen atoms in total. The van der Waals surface area contributed by atoms with Crippen LogP contribution in [0.15, 0.2) is 48.8 Å². The molecule has 0 aliphatic rings. The van der Waals surface area contributed by atoms with Gasteiger partial charge in [-0.2, -0.15) is 11.8 Å². The van der Waals surface area contributed by atoms with E-state index in [9.17, 15) is 0 Å². The van der Waals surface area contributed by atoms with Crippen molar-refractivity contribution in [2.45, 2.75) is 36.4 Å². The van der Waals surface area contributed by atoms with Gasteiger partial charge in [-0.15, -0.1) is 23.2 Å². The van der Waals surface area contributed by atoms with Gasteiger partial charge in [0.15, 0.2) is 0 Å². The van der Waals surface area contributed by atoms with Gasteiger partial charge >= 0.3 is 0 Å². The molecule has 2 heterocycles. The van der Waals surface area contributed by atoms with Gasteiger partial charge in [-0.3, -0.25) is 9.97 Å². The lowest BCUT2D eigenvalue weighted by Crippen LogP contribution is -2.08. The van der Waals surface area contributed by atoms with Gasteiger partial charge in [-0.05, 0) is 48.6 Å². The number of hydrogen-bond donors (Lipinski definition) is 0. The largest absolute Gasteiger partial charge is 0.261 e. The molecular formula is C18H22Cl2N2S. The molecule has 2 atom stereocenters. The monoisotopic (exact) mass is 368 g/mol. The van der Waals surface area contributed by atoms with Crippen molar-refractivity contribution in [3.05, 3.63) is 60.2 Å². The number of rotatable bonds is 10. The number of alkyl halides is 2. The quantitative estimate of drug-likeness (QED) is 0.436. The lowest BCUT2D eigenvalue weighted by molar-refractivity contribution is 0.783. The minimum atomic E-state index is 0.151. The third-order valence-electron chi connectivity index (χ3n) is 3.46. The van der Waals surface area contributed by atoms with Crippen molar-refractivity contribution in [1.29, 1.82) is 0 Å². The first-order chi connectivity index (χ1) is 11.2. The lowest BCUT2D eigenvalue weighted by Gasteiger charge is -2.10. The normalized spacial score (nSPS) is 13.7. The third-order valence-corrected chi connectivity index (χ3v) is 5.26. The molecule has 0 aromatic carbocycles. The van der Waals surface area contributed by atoms with E-state index in [0.29, 0.717) is 0 Å². The summed E-state index contributed by atoms with van der Waals surface area (Å²) in [4.78, 5) is 8.62. The Morgan fingerprint density at radius 2 is 1.26 bits per heavy atom. The summed E-state index contributed by atoms with van der Waals surface area (Å²) in [6.07, 6.45) is 7.29. The zero-order valence-corrected chi connectivity index (χ0v) is 15.4. The molecule has 0 spiro atoms. The summed E-state index contributed by atoms with van der Waals surface area (Å²) in [5.41, 5.74) is 2.13. The lowest BCUT2D eigenvalue weighted by atomic mass is 10.2. The first-order valence-electron chi connectivity index (χ1n) is 7.89. The fraction of sp³-hybridized carbons (Fsp3) is 0.444. The summed E-state index contributed by atoms with van der Waals surface area (Å²) < 4.78 is 0. The van der Waals surface area contributed by atoms with Crippen molar-refractivity contribution in [2.24, 2.45) is 0 Å². The Labute approximate surface area is 153 Å². The maximum atomic E-state index is 6.38. The van der Waals surface area contributed by atoms with Crippen molar-refractivity contribution in [3.63, 3.8) is 0 Å². The molecule has 0 radical (unpaired) electrons. The first-order valence-corrected chi connectivity index (χ1v) is 9.92. The van der Waals surface area contributed by atoms with Crippen LogP contribution in [0.25, 0.3) is 0 Å². The number of aromatic nitrogens is 2. The summed E-state index contributed by atoms with van der Waals surface area (Å²) in [6, 6.07) is 11.9. The van der Waals surface area contributed by atoms with E-state index >= 15 is 0 Å². The predicted molar refractivity (Wildman–Crippen MR) is 102 cm³/mol. The fourth-order valence-electron chi connectivity index (χ4n) is 2.22. The highest BCUT2D eigenvalue weighted by Crippen LogP contribution is 2.17. The van der Waals surface area contributed by atoms with Crippen molar-refractivity contribution in [3.8, 4) is 0 Å².